The second-order valence-electron chi connectivity index (χ2n) is 10.7. The molecule has 0 amide bonds. The summed E-state index contributed by atoms with van der Waals surface area (Å²) in [5.74, 6) is 2.41. The zero-order chi connectivity index (χ0) is 27.8. The van der Waals surface area contributed by atoms with Crippen LogP contribution in [-0.2, 0) is 0 Å². The summed E-state index contributed by atoms with van der Waals surface area (Å²) in [6.45, 7) is 0.0320. The highest BCUT2D eigenvalue weighted by Gasteiger charge is 2.41. The van der Waals surface area contributed by atoms with Crippen LogP contribution < -0.4 is 26.0 Å². The Morgan fingerprint density at radius 1 is 0.643 bits per heavy atom. The van der Waals surface area contributed by atoms with Gasteiger partial charge in [-0.25, -0.2) is 4.98 Å². The smallest absolute Gasteiger partial charge is 0.256 e. The monoisotopic (exact) mass is 536 g/mol. The molecular weight excluding hydrogens is 515 g/mol. The second kappa shape index (κ2) is 8.60. The Morgan fingerprint density at radius 3 is 2.07 bits per heavy atom. The first-order valence-electron chi connectivity index (χ1n) is 14.0. The van der Waals surface area contributed by atoms with Crippen LogP contribution in [0.15, 0.2) is 127 Å². The molecule has 2 aliphatic rings. The Bertz CT molecular complexity index is 2230. The first kappa shape index (κ1) is 23.0. The predicted octanol–water partition coefficient (Wildman–Crippen LogP) is 6.46. The van der Waals surface area contributed by atoms with E-state index < -0.39 is 0 Å². The minimum Gasteiger partial charge on any atom is -0.458 e. The number of aromatic nitrogens is 2. The van der Waals surface area contributed by atoms with Crippen LogP contribution in [0.1, 0.15) is 5.69 Å². The Kier molecular flexibility index (Phi) is 4.70. The summed E-state index contributed by atoms with van der Waals surface area (Å²) >= 11 is 0. The fourth-order valence-corrected chi connectivity index (χ4v) is 6.83. The van der Waals surface area contributed by atoms with Crippen LogP contribution in [0.2, 0.25) is 0 Å². The molecule has 0 atom stereocenters. The Hall–Kier alpha value is -5.80. The predicted molar refractivity (Wildman–Crippen MR) is 169 cm³/mol. The third-order valence-corrected chi connectivity index (χ3v) is 8.49. The largest absolute Gasteiger partial charge is 0.458 e. The van der Waals surface area contributed by atoms with Crippen molar-refractivity contribution in [1.29, 1.82) is 5.26 Å². The van der Waals surface area contributed by atoms with Gasteiger partial charge in [0, 0.05) is 28.2 Å². The molecule has 0 N–H and O–H groups in total. The number of ether oxygens (including phenoxy) is 1. The van der Waals surface area contributed by atoms with E-state index in [1.807, 2.05) is 30.3 Å². The third kappa shape index (κ3) is 3.11. The first-order valence-corrected chi connectivity index (χ1v) is 14.0. The van der Waals surface area contributed by atoms with Gasteiger partial charge in [-0.2, -0.15) is 5.26 Å². The number of nitriles is 1. The van der Waals surface area contributed by atoms with Crippen molar-refractivity contribution in [2.24, 2.45) is 0 Å². The van der Waals surface area contributed by atoms with Crippen molar-refractivity contribution in [1.82, 2.24) is 9.55 Å². The van der Waals surface area contributed by atoms with E-state index in [4.69, 9.17) is 9.72 Å². The summed E-state index contributed by atoms with van der Waals surface area (Å²) in [5, 5.41) is 12.5. The average Bonchev–Trinajstić information content (AvgIpc) is 3.39. The van der Waals surface area contributed by atoms with Crippen LogP contribution in [0.3, 0.4) is 0 Å². The molecular formula is C36H21BN4O. The van der Waals surface area contributed by atoms with Gasteiger partial charge in [0.25, 0.3) is 6.71 Å². The van der Waals surface area contributed by atoms with Crippen LogP contribution in [0.4, 0.5) is 17.2 Å². The summed E-state index contributed by atoms with van der Waals surface area (Å²) in [5.41, 5.74) is 8.89. The molecule has 4 heterocycles. The summed E-state index contributed by atoms with van der Waals surface area (Å²) in [7, 11) is 0. The van der Waals surface area contributed by atoms with Gasteiger partial charge >= 0.3 is 0 Å². The quantitative estimate of drug-likeness (QED) is 0.238. The molecule has 6 heteroatoms. The minimum atomic E-state index is 0.0320. The van der Waals surface area contributed by atoms with Crippen molar-refractivity contribution in [3.05, 3.63) is 133 Å². The van der Waals surface area contributed by atoms with Crippen molar-refractivity contribution in [3.63, 3.8) is 0 Å². The lowest BCUT2D eigenvalue weighted by molar-refractivity contribution is 0.487. The molecule has 5 nitrogen and oxygen atoms in total. The average molecular weight is 536 g/mol. The van der Waals surface area contributed by atoms with E-state index in [0.717, 1.165) is 50.5 Å². The highest BCUT2D eigenvalue weighted by atomic mass is 16.5. The normalized spacial score (nSPS) is 12.8. The number of hydrogen-bond donors (Lipinski definition) is 0. The number of fused-ring (bicyclic) bond motifs is 7. The van der Waals surface area contributed by atoms with Crippen LogP contribution in [0, 0.1) is 11.3 Å². The Balaban J connectivity index is 1.33. The number of anilines is 3. The van der Waals surface area contributed by atoms with E-state index in [0.29, 0.717) is 11.5 Å². The molecule has 0 fully saturated rings. The van der Waals surface area contributed by atoms with Crippen LogP contribution in [0.25, 0.3) is 27.5 Å². The van der Waals surface area contributed by atoms with Crippen molar-refractivity contribution < 1.29 is 4.74 Å². The zero-order valence-electron chi connectivity index (χ0n) is 22.4. The molecule has 0 bridgehead atoms. The fraction of sp³-hybridized carbons (Fsp3) is 0. The highest BCUT2D eigenvalue weighted by Crippen LogP contribution is 2.41. The zero-order valence-corrected chi connectivity index (χ0v) is 22.4. The van der Waals surface area contributed by atoms with Crippen LogP contribution in [-0.4, -0.2) is 16.3 Å². The molecule has 0 aliphatic carbocycles. The molecule has 0 unspecified atom stereocenters. The number of hydrogen-bond acceptors (Lipinski definition) is 4. The van der Waals surface area contributed by atoms with Gasteiger partial charge in [-0.15, -0.1) is 0 Å². The molecule has 0 saturated heterocycles. The van der Waals surface area contributed by atoms with E-state index in [1.165, 1.54) is 16.2 Å². The Morgan fingerprint density at radius 2 is 1.29 bits per heavy atom. The molecule has 5 aromatic carbocycles. The van der Waals surface area contributed by atoms with E-state index >= 15 is 0 Å². The molecule has 2 aliphatic heterocycles. The van der Waals surface area contributed by atoms with Crippen molar-refractivity contribution in [2.45, 2.75) is 0 Å². The first-order chi connectivity index (χ1) is 20.8. The molecule has 9 rings (SSSR count). The van der Waals surface area contributed by atoms with Gasteiger partial charge in [0.2, 0.25) is 0 Å². The second-order valence-corrected chi connectivity index (χ2v) is 10.7. The molecule has 0 radical (unpaired) electrons. The lowest BCUT2D eigenvalue weighted by atomic mass is 9.34. The topological polar surface area (TPSA) is 54.1 Å². The van der Waals surface area contributed by atoms with Crippen molar-refractivity contribution >= 4 is 62.1 Å². The lowest BCUT2D eigenvalue weighted by Gasteiger charge is -2.39. The summed E-state index contributed by atoms with van der Waals surface area (Å²) < 4.78 is 8.68. The lowest BCUT2D eigenvalue weighted by Crippen LogP contribution is -2.59. The van der Waals surface area contributed by atoms with Gasteiger partial charge < -0.3 is 9.30 Å². The maximum absolute atomic E-state index is 10.2. The maximum atomic E-state index is 10.2. The van der Waals surface area contributed by atoms with E-state index in [1.54, 1.807) is 0 Å². The van der Waals surface area contributed by atoms with Gasteiger partial charge in [0.1, 0.15) is 29.1 Å². The standard InChI is InChI=1S/C36H21BN4O/c38-22-23-20-24(40-29-14-5-1-10-25(29)26-11-2-6-15-30(26)40)21-35(39-23)41-31-16-7-3-12-27(31)37-28-13-4-8-18-33(28)42-34-19-9-17-32(41)36(34)37/h1-21H. The van der Waals surface area contributed by atoms with Gasteiger partial charge in [0.15, 0.2) is 0 Å². The molecule has 194 valence electrons. The summed E-state index contributed by atoms with van der Waals surface area (Å²) in [6.07, 6.45) is 0. The Labute approximate surface area is 242 Å². The molecule has 2 aromatic heterocycles. The molecule has 7 aromatic rings. The van der Waals surface area contributed by atoms with Crippen LogP contribution in [0.5, 0.6) is 11.5 Å². The van der Waals surface area contributed by atoms with Gasteiger partial charge in [-0.1, -0.05) is 78.9 Å². The summed E-state index contributed by atoms with van der Waals surface area (Å²) in [4.78, 5) is 7.08. The minimum absolute atomic E-state index is 0.0320. The third-order valence-electron chi connectivity index (χ3n) is 8.49. The van der Waals surface area contributed by atoms with E-state index in [2.05, 4.69) is 113 Å². The van der Waals surface area contributed by atoms with Gasteiger partial charge in [0.05, 0.1) is 16.7 Å². The number of rotatable bonds is 2. The number of pyridine rings is 1. The summed E-state index contributed by atoms with van der Waals surface area (Å²) in [6, 6.07) is 46.1. The highest BCUT2D eigenvalue weighted by molar-refractivity contribution is 6.99. The molecule has 0 spiro atoms. The fourth-order valence-electron chi connectivity index (χ4n) is 6.83. The van der Waals surface area contributed by atoms with Gasteiger partial charge in [-0.3, -0.25) is 4.90 Å². The molecule has 42 heavy (non-hydrogen) atoms. The maximum Gasteiger partial charge on any atom is 0.256 e. The number of para-hydroxylation sites is 4. The van der Waals surface area contributed by atoms with E-state index in [9.17, 15) is 5.26 Å². The van der Waals surface area contributed by atoms with E-state index in [-0.39, 0.29) is 6.71 Å². The SMILES string of the molecule is N#Cc1cc(-n2c3ccccc3c3ccccc32)cc(N2c3ccccc3B3c4ccccc4Oc4cccc2c43)n1. The number of nitrogens with zero attached hydrogens (tertiary/aromatic N) is 4. The number of benzene rings is 5. The van der Waals surface area contributed by atoms with Gasteiger partial charge in [-0.05, 0) is 58.9 Å². The van der Waals surface area contributed by atoms with Crippen molar-refractivity contribution in [3.8, 4) is 23.3 Å². The van der Waals surface area contributed by atoms with Crippen LogP contribution >= 0.6 is 0 Å². The van der Waals surface area contributed by atoms with Crippen molar-refractivity contribution in [2.75, 3.05) is 4.90 Å². The molecule has 0 saturated carbocycles.